The normalized spacial score (nSPS) is 12.6. The Morgan fingerprint density at radius 1 is 1.33 bits per heavy atom. The Bertz CT molecular complexity index is 499. The van der Waals surface area contributed by atoms with Gasteiger partial charge in [-0.05, 0) is 48.9 Å². The summed E-state index contributed by atoms with van der Waals surface area (Å²) in [5, 5.41) is 12.5. The fraction of sp³-hybridized carbons (Fsp3) is 0.286. The Morgan fingerprint density at radius 3 is 2.89 bits per heavy atom. The number of aryl methyl sites for hydroxylation is 1. The lowest BCUT2D eigenvalue weighted by Gasteiger charge is -2.12. The van der Waals surface area contributed by atoms with Crippen molar-refractivity contribution in [1.29, 1.82) is 0 Å². The van der Waals surface area contributed by atoms with Crippen LogP contribution in [-0.2, 0) is 6.42 Å². The summed E-state index contributed by atoms with van der Waals surface area (Å²) in [6.45, 7) is 0. The van der Waals surface area contributed by atoms with E-state index in [-0.39, 0.29) is 5.82 Å². The second kappa shape index (κ2) is 6.32. The molecule has 0 fully saturated rings. The average molecular weight is 285 g/mol. The number of hydrogen-bond acceptors (Lipinski definition) is 2. The van der Waals surface area contributed by atoms with Gasteiger partial charge in [0.25, 0.3) is 0 Å². The summed E-state index contributed by atoms with van der Waals surface area (Å²) in [7, 11) is 0. The lowest BCUT2D eigenvalue weighted by Crippen LogP contribution is -2.00. The summed E-state index contributed by atoms with van der Waals surface area (Å²) in [6, 6.07) is 8.17. The van der Waals surface area contributed by atoms with Crippen LogP contribution < -0.4 is 0 Å². The monoisotopic (exact) mass is 284 g/mol. The zero-order chi connectivity index (χ0) is 13.0. The minimum absolute atomic E-state index is 0.369. The van der Waals surface area contributed by atoms with Gasteiger partial charge in [-0.25, -0.2) is 4.39 Å². The van der Waals surface area contributed by atoms with Crippen LogP contribution in [0.2, 0.25) is 5.02 Å². The fourth-order valence-corrected chi connectivity index (χ4v) is 2.84. The summed E-state index contributed by atoms with van der Waals surface area (Å²) in [5.41, 5.74) is 0.475. The maximum atomic E-state index is 13.1. The van der Waals surface area contributed by atoms with E-state index in [1.807, 2.05) is 11.4 Å². The molecular formula is C14H14ClFOS. The van der Waals surface area contributed by atoms with Crippen molar-refractivity contribution in [2.24, 2.45) is 0 Å². The van der Waals surface area contributed by atoms with Crippen LogP contribution in [0.25, 0.3) is 0 Å². The molecule has 1 nitrogen and oxygen atoms in total. The number of halogens is 2. The molecule has 0 aliphatic rings. The molecule has 1 heterocycles. The van der Waals surface area contributed by atoms with E-state index >= 15 is 0 Å². The fourth-order valence-electron chi connectivity index (χ4n) is 1.85. The number of hydrogen-bond donors (Lipinski definition) is 1. The number of thiophene rings is 1. The Morgan fingerprint density at radius 2 is 2.17 bits per heavy atom. The van der Waals surface area contributed by atoms with E-state index in [1.165, 1.54) is 23.1 Å². The molecule has 96 valence electrons. The van der Waals surface area contributed by atoms with E-state index in [0.29, 0.717) is 17.0 Å². The van der Waals surface area contributed by atoms with Crippen LogP contribution in [0.15, 0.2) is 35.7 Å². The Balaban J connectivity index is 1.91. The summed E-state index contributed by atoms with van der Waals surface area (Å²) < 4.78 is 13.1. The van der Waals surface area contributed by atoms with Crippen molar-refractivity contribution in [3.05, 3.63) is 57.0 Å². The smallest absolute Gasteiger partial charge is 0.123 e. The molecule has 1 aromatic carbocycles. The van der Waals surface area contributed by atoms with E-state index in [9.17, 15) is 9.50 Å². The SMILES string of the molecule is OC(CCCc1cccs1)c1cc(F)ccc1Cl. The topological polar surface area (TPSA) is 20.2 Å². The standard InChI is InChI=1S/C14H14ClFOS/c15-13-7-6-10(16)9-12(13)14(17)5-1-3-11-4-2-8-18-11/h2,4,6-9,14,17H,1,3,5H2. The van der Waals surface area contributed by atoms with Gasteiger partial charge < -0.3 is 5.11 Å². The average Bonchev–Trinajstić information content (AvgIpc) is 2.85. The predicted octanol–water partition coefficient (Wildman–Crippen LogP) is 4.60. The predicted molar refractivity (Wildman–Crippen MR) is 73.6 cm³/mol. The van der Waals surface area contributed by atoms with Crippen molar-refractivity contribution >= 4 is 22.9 Å². The molecule has 0 bridgehead atoms. The molecule has 1 aromatic heterocycles. The van der Waals surface area contributed by atoms with Crippen LogP contribution in [0.5, 0.6) is 0 Å². The first-order valence-corrected chi connectivity index (χ1v) is 7.08. The highest BCUT2D eigenvalue weighted by Gasteiger charge is 2.12. The van der Waals surface area contributed by atoms with Gasteiger partial charge in [-0.1, -0.05) is 17.7 Å². The Labute approximate surface area is 115 Å². The minimum Gasteiger partial charge on any atom is -0.388 e. The molecule has 1 N–H and O–H groups in total. The summed E-state index contributed by atoms with van der Waals surface area (Å²) >= 11 is 7.65. The molecule has 0 saturated carbocycles. The van der Waals surface area contributed by atoms with Gasteiger partial charge in [-0.2, -0.15) is 0 Å². The van der Waals surface area contributed by atoms with Crippen LogP contribution in [0.3, 0.4) is 0 Å². The van der Waals surface area contributed by atoms with E-state index in [2.05, 4.69) is 6.07 Å². The van der Waals surface area contributed by atoms with Crippen molar-refractivity contribution in [3.63, 3.8) is 0 Å². The van der Waals surface area contributed by atoms with Crippen molar-refractivity contribution < 1.29 is 9.50 Å². The zero-order valence-corrected chi connectivity index (χ0v) is 11.3. The first-order valence-electron chi connectivity index (χ1n) is 5.82. The maximum absolute atomic E-state index is 13.1. The molecule has 2 aromatic rings. The lowest BCUT2D eigenvalue weighted by molar-refractivity contribution is 0.164. The summed E-state index contributed by atoms with van der Waals surface area (Å²) in [4.78, 5) is 1.30. The highest BCUT2D eigenvalue weighted by Crippen LogP contribution is 2.27. The van der Waals surface area contributed by atoms with Crippen LogP contribution in [0.1, 0.15) is 29.4 Å². The second-order valence-electron chi connectivity index (χ2n) is 4.15. The van der Waals surface area contributed by atoms with Gasteiger partial charge in [0.2, 0.25) is 0 Å². The van der Waals surface area contributed by atoms with Crippen molar-refractivity contribution in [3.8, 4) is 0 Å². The second-order valence-corrected chi connectivity index (χ2v) is 5.59. The third-order valence-corrected chi connectivity index (χ3v) is 4.08. The van der Waals surface area contributed by atoms with Gasteiger partial charge in [0.05, 0.1) is 6.10 Å². The van der Waals surface area contributed by atoms with Crippen molar-refractivity contribution in [2.75, 3.05) is 0 Å². The van der Waals surface area contributed by atoms with Gasteiger partial charge in [-0.15, -0.1) is 11.3 Å². The Hall–Kier alpha value is -0.900. The number of aliphatic hydroxyl groups is 1. The number of rotatable bonds is 5. The van der Waals surface area contributed by atoms with Crippen LogP contribution in [0.4, 0.5) is 4.39 Å². The largest absolute Gasteiger partial charge is 0.388 e. The zero-order valence-electron chi connectivity index (χ0n) is 9.77. The van der Waals surface area contributed by atoms with E-state index in [4.69, 9.17) is 11.6 Å². The van der Waals surface area contributed by atoms with Crippen LogP contribution in [0, 0.1) is 5.82 Å². The molecule has 0 radical (unpaired) electrons. The molecule has 18 heavy (non-hydrogen) atoms. The van der Waals surface area contributed by atoms with E-state index < -0.39 is 6.10 Å². The molecule has 0 amide bonds. The van der Waals surface area contributed by atoms with Gasteiger partial charge in [-0.3, -0.25) is 0 Å². The number of aliphatic hydroxyl groups excluding tert-OH is 1. The molecule has 1 atom stereocenters. The maximum Gasteiger partial charge on any atom is 0.123 e. The quantitative estimate of drug-likeness (QED) is 0.851. The van der Waals surface area contributed by atoms with E-state index in [0.717, 1.165) is 12.8 Å². The third kappa shape index (κ3) is 3.55. The first-order chi connectivity index (χ1) is 8.66. The van der Waals surface area contributed by atoms with Gasteiger partial charge in [0.1, 0.15) is 5.82 Å². The molecular weight excluding hydrogens is 271 g/mol. The minimum atomic E-state index is -0.701. The number of benzene rings is 1. The van der Waals surface area contributed by atoms with Crippen molar-refractivity contribution in [2.45, 2.75) is 25.4 Å². The van der Waals surface area contributed by atoms with Gasteiger partial charge >= 0.3 is 0 Å². The van der Waals surface area contributed by atoms with Gasteiger partial charge in [0.15, 0.2) is 0 Å². The van der Waals surface area contributed by atoms with Gasteiger partial charge in [0, 0.05) is 15.5 Å². The third-order valence-electron chi connectivity index (χ3n) is 2.80. The highest BCUT2D eigenvalue weighted by molar-refractivity contribution is 7.09. The molecule has 0 spiro atoms. The molecule has 0 aliphatic carbocycles. The lowest BCUT2D eigenvalue weighted by atomic mass is 10.0. The highest BCUT2D eigenvalue weighted by atomic mass is 35.5. The summed E-state index contributed by atoms with van der Waals surface area (Å²) in [6.07, 6.45) is 1.67. The molecule has 0 saturated heterocycles. The van der Waals surface area contributed by atoms with Crippen LogP contribution in [-0.4, -0.2) is 5.11 Å². The first kappa shape index (κ1) is 13.5. The van der Waals surface area contributed by atoms with Crippen LogP contribution >= 0.6 is 22.9 Å². The summed E-state index contributed by atoms with van der Waals surface area (Å²) in [5.74, 6) is -0.369. The molecule has 0 aliphatic heterocycles. The van der Waals surface area contributed by atoms with Crippen molar-refractivity contribution in [1.82, 2.24) is 0 Å². The Kier molecular flexibility index (Phi) is 4.75. The molecule has 1 unspecified atom stereocenters. The van der Waals surface area contributed by atoms with E-state index in [1.54, 1.807) is 11.3 Å². The molecule has 2 rings (SSSR count). The molecule has 4 heteroatoms.